The molecule has 0 bridgehead atoms. The first-order valence-electron chi connectivity index (χ1n) is 16.1. The van der Waals surface area contributed by atoms with Crippen LogP contribution in [0.15, 0.2) is 79.1 Å². The lowest BCUT2D eigenvalue weighted by atomic mass is 9.97. The molecule has 0 N–H and O–H groups in total. The van der Waals surface area contributed by atoms with E-state index in [1.807, 2.05) is 19.2 Å². The number of anilines is 3. The lowest BCUT2D eigenvalue weighted by Crippen LogP contribution is -2.51. The number of piperidine rings is 2. The van der Waals surface area contributed by atoms with Gasteiger partial charge in [-0.05, 0) is 101 Å². The van der Waals surface area contributed by atoms with Crippen LogP contribution in [0.1, 0.15) is 42.5 Å². The summed E-state index contributed by atoms with van der Waals surface area (Å²) in [5.74, 6) is 0.601. The molecule has 2 aromatic heterocycles. The zero-order valence-electron chi connectivity index (χ0n) is 26.8. The Morgan fingerprint density at radius 2 is 1.48 bits per heavy atom. The summed E-state index contributed by atoms with van der Waals surface area (Å²) < 4.78 is 39.6. The summed E-state index contributed by atoms with van der Waals surface area (Å²) in [6.07, 6.45) is 3.59. The molecular weight excluding hydrogens is 587 g/mol. The number of alkyl halides is 3. The maximum Gasteiger partial charge on any atom is 0.416 e. The van der Waals surface area contributed by atoms with Crippen LogP contribution in [0.4, 0.5) is 30.5 Å². The van der Waals surface area contributed by atoms with Crippen LogP contribution >= 0.6 is 0 Å². The number of hydrogen-bond donors (Lipinski definition) is 0. The predicted octanol–water partition coefficient (Wildman–Crippen LogP) is 7.20. The van der Waals surface area contributed by atoms with Crippen molar-refractivity contribution in [2.75, 3.05) is 50.1 Å². The van der Waals surface area contributed by atoms with Crippen LogP contribution in [-0.4, -0.2) is 77.1 Å². The highest BCUT2D eigenvalue weighted by Gasteiger charge is 2.32. The summed E-state index contributed by atoms with van der Waals surface area (Å²) in [4.78, 5) is 23.4. The molecule has 2 aromatic carbocycles. The first-order chi connectivity index (χ1) is 22.1. The Morgan fingerprint density at radius 1 is 0.804 bits per heavy atom. The third kappa shape index (κ3) is 7.50. The topological polar surface area (TPSA) is 51.6 Å². The Balaban J connectivity index is 1.23. The number of aromatic nitrogens is 3. The summed E-state index contributed by atoms with van der Waals surface area (Å²) in [7, 11) is 4.25. The van der Waals surface area contributed by atoms with Crippen LogP contribution in [-0.2, 0) is 12.7 Å². The number of pyridine rings is 1. The van der Waals surface area contributed by atoms with Crippen molar-refractivity contribution < 1.29 is 13.2 Å². The van der Waals surface area contributed by atoms with Gasteiger partial charge in [0, 0.05) is 73.8 Å². The molecule has 0 amide bonds. The van der Waals surface area contributed by atoms with Crippen LogP contribution in [0.25, 0.3) is 11.3 Å². The zero-order chi connectivity index (χ0) is 32.3. The minimum absolute atomic E-state index is 0.243. The Hall–Kier alpha value is -4.02. The fourth-order valence-corrected chi connectivity index (χ4v) is 6.67. The lowest BCUT2D eigenvalue weighted by molar-refractivity contribution is -0.137. The van der Waals surface area contributed by atoms with Crippen molar-refractivity contribution in [2.24, 2.45) is 0 Å². The Morgan fingerprint density at radius 3 is 2.13 bits per heavy atom. The molecule has 4 aromatic rings. The van der Waals surface area contributed by atoms with Crippen molar-refractivity contribution >= 4 is 17.3 Å². The second kappa shape index (κ2) is 13.8. The molecule has 242 valence electrons. The third-order valence-electron chi connectivity index (χ3n) is 9.50. The van der Waals surface area contributed by atoms with Gasteiger partial charge in [0.2, 0.25) is 5.95 Å². The van der Waals surface area contributed by atoms with Gasteiger partial charge < -0.3 is 19.6 Å². The van der Waals surface area contributed by atoms with Crippen LogP contribution in [0.5, 0.6) is 0 Å². The maximum atomic E-state index is 13.2. The van der Waals surface area contributed by atoms with Gasteiger partial charge in [-0.3, -0.25) is 4.98 Å². The van der Waals surface area contributed by atoms with E-state index in [4.69, 9.17) is 9.97 Å². The molecule has 2 aliphatic rings. The van der Waals surface area contributed by atoms with E-state index in [-0.39, 0.29) is 6.04 Å². The number of nitrogens with zero attached hydrogens (tertiary/aromatic N) is 7. The molecule has 2 fully saturated rings. The standard InChI is InChI=1S/C36H42F3N7/c1-26-24-33(12-18-40-26)44(3)30-10-4-27(5-11-30)25-46(32-16-22-45(23-17-32)31-14-20-43(2)21-15-31)35-41-19-13-34(42-35)28-6-8-29(9-7-28)36(37,38)39/h4-13,18-19,24,31-32H,14-17,20-23,25H2,1-3H3. The van der Waals surface area contributed by atoms with Gasteiger partial charge in [-0.15, -0.1) is 0 Å². The minimum Gasteiger partial charge on any atom is -0.345 e. The molecule has 0 aliphatic carbocycles. The Bertz CT molecular complexity index is 1580. The van der Waals surface area contributed by atoms with Gasteiger partial charge in [0.25, 0.3) is 0 Å². The van der Waals surface area contributed by atoms with Crippen molar-refractivity contribution in [1.29, 1.82) is 0 Å². The van der Waals surface area contributed by atoms with Gasteiger partial charge in [-0.1, -0.05) is 24.3 Å². The van der Waals surface area contributed by atoms with Crippen LogP contribution in [0.2, 0.25) is 0 Å². The van der Waals surface area contributed by atoms with E-state index in [1.165, 1.54) is 25.0 Å². The second-order valence-electron chi connectivity index (χ2n) is 12.6. The lowest BCUT2D eigenvalue weighted by Gasteiger charge is -2.43. The third-order valence-corrected chi connectivity index (χ3v) is 9.50. The average Bonchev–Trinajstić information content (AvgIpc) is 3.07. The van der Waals surface area contributed by atoms with Crippen LogP contribution < -0.4 is 9.80 Å². The highest BCUT2D eigenvalue weighted by atomic mass is 19.4. The zero-order valence-corrected chi connectivity index (χ0v) is 26.8. The van der Waals surface area contributed by atoms with E-state index < -0.39 is 11.7 Å². The van der Waals surface area contributed by atoms with E-state index >= 15 is 0 Å². The molecule has 10 heteroatoms. The fraction of sp³-hybridized carbons (Fsp3) is 0.417. The van der Waals surface area contributed by atoms with Crippen LogP contribution in [0.3, 0.4) is 0 Å². The number of benzene rings is 2. The maximum absolute atomic E-state index is 13.2. The number of halogens is 3. The smallest absolute Gasteiger partial charge is 0.345 e. The van der Waals surface area contributed by atoms with Crippen molar-refractivity contribution in [1.82, 2.24) is 24.8 Å². The molecule has 46 heavy (non-hydrogen) atoms. The molecule has 0 radical (unpaired) electrons. The molecule has 0 spiro atoms. The first-order valence-corrected chi connectivity index (χ1v) is 16.1. The summed E-state index contributed by atoms with van der Waals surface area (Å²) >= 11 is 0. The molecule has 2 aliphatic heterocycles. The molecule has 4 heterocycles. The van der Waals surface area contributed by atoms with E-state index in [9.17, 15) is 13.2 Å². The summed E-state index contributed by atoms with van der Waals surface area (Å²) in [6.45, 7) is 6.97. The highest BCUT2D eigenvalue weighted by Crippen LogP contribution is 2.32. The second-order valence-corrected chi connectivity index (χ2v) is 12.6. The van der Waals surface area contributed by atoms with Crippen molar-refractivity contribution in [3.63, 3.8) is 0 Å². The van der Waals surface area contributed by atoms with Crippen molar-refractivity contribution in [3.8, 4) is 11.3 Å². The minimum atomic E-state index is -4.38. The highest BCUT2D eigenvalue weighted by molar-refractivity contribution is 5.63. The molecule has 0 saturated carbocycles. The number of aryl methyl sites for hydroxylation is 1. The van der Waals surface area contributed by atoms with Gasteiger partial charge in [0.05, 0.1) is 11.3 Å². The summed E-state index contributed by atoms with van der Waals surface area (Å²) in [6, 6.07) is 20.5. The monoisotopic (exact) mass is 629 g/mol. The first kappa shape index (κ1) is 31.9. The van der Waals surface area contributed by atoms with E-state index in [0.29, 0.717) is 29.8 Å². The van der Waals surface area contributed by atoms with Gasteiger partial charge in [0.1, 0.15) is 0 Å². The number of likely N-dealkylation sites (tertiary alicyclic amines) is 2. The summed E-state index contributed by atoms with van der Waals surface area (Å²) in [5.41, 5.74) is 4.84. The van der Waals surface area contributed by atoms with Gasteiger partial charge in [-0.25, -0.2) is 9.97 Å². The predicted molar refractivity (Wildman–Crippen MR) is 177 cm³/mol. The molecule has 2 saturated heterocycles. The molecule has 0 atom stereocenters. The Labute approximate surface area is 269 Å². The Kier molecular flexibility index (Phi) is 9.56. The quantitative estimate of drug-likeness (QED) is 0.204. The average molecular weight is 630 g/mol. The van der Waals surface area contributed by atoms with E-state index in [0.717, 1.165) is 73.8 Å². The van der Waals surface area contributed by atoms with Gasteiger partial charge >= 0.3 is 6.18 Å². The largest absolute Gasteiger partial charge is 0.416 e. The number of hydrogen-bond acceptors (Lipinski definition) is 7. The van der Waals surface area contributed by atoms with Crippen molar-refractivity contribution in [2.45, 2.75) is 57.4 Å². The normalized spacial score (nSPS) is 17.3. The molecule has 7 nitrogen and oxygen atoms in total. The van der Waals surface area contributed by atoms with E-state index in [2.05, 4.69) is 69.0 Å². The molecular formula is C36H42F3N7. The molecule has 0 unspecified atom stereocenters. The van der Waals surface area contributed by atoms with Gasteiger partial charge in [-0.2, -0.15) is 13.2 Å². The summed E-state index contributed by atoms with van der Waals surface area (Å²) in [5, 5.41) is 0. The SMILES string of the molecule is Cc1cc(N(C)c2ccc(CN(c3nccc(-c4ccc(C(F)(F)F)cc4)n3)C3CCN(C4CCN(C)CC4)CC3)cc2)ccn1. The fourth-order valence-electron chi connectivity index (χ4n) is 6.67. The van der Waals surface area contributed by atoms with Crippen LogP contribution in [0, 0.1) is 6.92 Å². The number of rotatable bonds is 8. The van der Waals surface area contributed by atoms with E-state index in [1.54, 1.807) is 12.3 Å². The van der Waals surface area contributed by atoms with Crippen molar-refractivity contribution in [3.05, 3.63) is 95.9 Å². The molecule has 6 rings (SSSR count). The van der Waals surface area contributed by atoms with Gasteiger partial charge in [0.15, 0.2) is 0 Å².